The predicted octanol–water partition coefficient (Wildman–Crippen LogP) is 5.40. The largest absolute Gasteiger partial charge is 0.126 e. The van der Waals surface area contributed by atoms with E-state index in [1.807, 2.05) is 0 Å². The van der Waals surface area contributed by atoms with Gasteiger partial charge in [0, 0.05) is 5.75 Å². The van der Waals surface area contributed by atoms with Gasteiger partial charge in [0.25, 0.3) is 0 Å². The molecule has 2 unspecified atom stereocenters. The van der Waals surface area contributed by atoms with E-state index in [4.69, 9.17) is 0 Å². The molecule has 1 aromatic carbocycles. The third-order valence-electron chi connectivity index (χ3n) is 4.40. The number of hydrogen-bond donors (Lipinski definition) is 0. The van der Waals surface area contributed by atoms with Gasteiger partial charge in [-0.2, -0.15) is 0 Å². The van der Waals surface area contributed by atoms with Crippen molar-refractivity contribution >= 4 is 11.8 Å². The zero-order valence-electron chi connectivity index (χ0n) is 11.0. The van der Waals surface area contributed by atoms with Crippen molar-refractivity contribution in [2.24, 2.45) is 11.8 Å². The summed E-state index contributed by atoms with van der Waals surface area (Å²) in [7, 11) is 0. The molecular weight excluding hydrogens is 236 g/mol. The zero-order valence-corrected chi connectivity index (χ0v) is 11.8. The van der Waals surface area contributed by atoms with Gasteiger partial charge in [-0.15, -0.1) is 11.8 Å². The Morgan fingerprint density at radius 1 is 1.00 bits per heavy atom. The third-order valence-corrected chi connectivity index (χ3v) is 5.68. The highest BCUT2D eigenvalue weighted by atomic mass is 32.2. The van der Waals surface area contributed by atoms with E-state index in [9.17, 15) is 0 Å². The zero-order chi connectivity index (χ0) is 12.2. The van der Waals surface area contributed by atoms with Gasteiger partial charge in [-0.25, -0.2) is 0 Å². The monoisotopic (exact) mass is 258 g/mol. The van der Waals surface area contributed by atoms with Gasteiger partial charge in [0.1, 0.15) is 0 Å². The molecule has 0 saturated heterocycles. The van der Waals surface area contributed by atoms with Crippen LogP contribution in [0.2, 0.25) is 0 Å². The van der Waals surface area contributed by atoms with Crippen LogP contribution in [0.5, 0.6) is 0 Å². The van der Waals surface area contributed by atoms with Gasteiger partial charge < -0.3 is 0 Å². The Hall–Kier alpha value is -0.690. The molecule has 0 N–H and O–H groups in total. The molecule has 0 radical (unpaired) electrons. The number of allylic oxidation sites excluding steroid dienone is 2. The molecule has 2 aliphatic carbocycles. The molecule has 96 valence electrons. The fraction of sp³-hybridized carbons (Fsp3) is 0.529. The van der Waals surface area contributed by atoms with Crippen LogP contribution in [0.1, 0.15) is 44.1 Å². The first-order chi connectivity index (χ1) is 8.93. The van der Waals surface area contributed by atoms with Crippen molar-refractivity contribution < 1.29 is 0 Å². The average Bonchev–Trinajstić information content (AvgIpc) is 2.80. The van der Waals surface area contributed by atoms with E-state index < -0.39 is 0 Å². The summed E-state index contributed by atoms with van der Waals surface area (Å²) >= 11 is 2.10. The van der Waals surface area contributed by atoms with Gasteiger partial charge in [0.2, 0.25) is 0 Å². The lowest BCUT2D eigenvalue weighted by Gasteiger charge is -2.19. The molecule has 0 aliphatic heterocycles. The van der Waals surface area contributed by atoms with Gasteiger partial charge in [0.05, 0.1) is 0 Å². The topological polar surface area (TPSA) is 0 Å². The molecule has 0 bridgehead atoms. The first kappa shape index (κ1) is 12.3. The van der Waals surface area contributed by atoms with E-state index in [1.165, 1.54) is 44.1 Å². The van der Waals surface area contributed by atoms with E-state index in [2.05, 4.69) is 48.2 Å². The summed E-state index contributed by atoms with van der Waals surface area (Å²) in [5.41, 5.74) is 1.46. The lowest BCUT2D eigenvalue weighted by Crippen LogP contribution is -2.07. The van der Waals surface area contributed by atoms with Crippen molar-refractivity contribution in [1.82, 2.24) is 0 Å². The lowest BCUT2D eigenvalue weighted by atomic mass is 9.93. The van der Waals surface area contributed by atoms with E-state index in [0.717, 1.165) is 17.6 Å². The molecule has 18 heavy (non-hydrogen) atoms. The summed E-state index contributed by atoms with van der Waals surface area (Å²) < 4.78 is 0. The van der Waals surface area contributed by atoms with Crippen LogP contribution in [-0.2, 0) is 5.75 Å². The molecule has 0 nitrogen and oxygen atoms in total. The predicted molar refractivity (Wildman–Crippen MR) is 80.5 cm³/mol. The smallest absolute Gasteiger partial charge is 0.0228 e. The minimum atomic E-state index is 0.904. The van der Waals surface area contributed by atoms with Crippen molar-refractivity contribution in [3.05, 3.63) is 46.9 Å². The second kappa shape index (κ2) is 5.97. The summed E-state index contributed by atoms with van der Waals surface area (Å²) in [6, 6.07) is 10.9. The normalized spacial score (nSPS) is 27.4. The second-order valence-electron chi connectivity index (χ2n) is 5.61. The van der Waals surface area contributed by atoms with Gasteiger partial charge in [0.15, 0.2) is 0 Å². The van der Waals surface area contributed by atoms with E-state index in [-0.39, 0.29) is 0 Å². The minimum Gasteiger partial charge on any atom is -0.126 e. The number of hydrogen-bond acceptors (Lipinski definition) is 1. The number of fused-ring (bicyclic) bond motifs is 1. The van der Waals surface area contributed by atoms with Gasteiger partial charge in [-0.1, -0.05) is 42.8 Å². The van der Waals surface area contributed by atoms with Crippen LogP contribution >= 0.6 is 11.8 Å². The molecule has 2 atom stereocenters. The van der Waals surface area contributed by atoms with Crippen LogP contribution < -0.4 is 0 Å². The Labute approximate surface area is 115 Å². The highest BCUT2D eigenvalue weighted by Crippen LogP contribution is 2.46. The van der Waals surface area contributed by atoms with Crippen LogP contribution in [0.15, 0.2) is 41.3 Å². The summed E-state index contributed by atoms with van der Waals surface area (Å²) in [5.74, 6) is 3.05. The van der Waals surface area contributed by atoms with Crippen LogP contribution in [0.4, 0.5) is 0 Å². The van der Waals surface area contributed by atoms with Crippen LogP contribution in [0, 0.1) is 11.8 Å². The Bertz CT molecular complexity index is 407. The van der Waals surface area contributed by atoms with Crippen molar-refractivity contribution in [3.63, 3.8) is 0 Å². The van der Waals surface area contributed by atoms with E-state index in [1.54, 1.807) is 4.91 Å². The first-order valence-corrected chi connectivity index (χ1v) is 8.29. The SMILES string of the molecule is C1=C(SCc2ccccc2)C2CCCC2CCC1. The fourth-order valence-electron chi connectivity index (χ4n) is 3.44. The highest BCUT2D eigenvalue weighted by molar-refractivity contribution is 8.02. The Morgan fingerprint density at radius 3 is 2.72 bits per heavy atom. The third kappa shape index (κ3) is 2.83. The van der Waals surface area contributed by atoms with Gasteiger partial charge >= 0.3 is 0 Å². The summed E-state index contributed by atoms with van der Waals surface area (Å²) in [6.45, 7) is 0. The first-order valence-electron chi connectivity index (χ1n) is 7.30. The average molecular weight is 258 g/mol. The van der Waals surface area contributed by atoms with Crippen LogP contribution in [0.25, 0.3) is 0 Å². The maximum absolute atomic E-state index is 2.55. The number of rotatable bonds is 3. The molecule has 1 heteroatoms. The van der Waals surface area contributed by atoms with Crippen LogP contribution in [0.3, 0.4) is 0 Å². The quantitative estimate of drug-likeness (QED) is 0.699. The van der Waals surface area contributed by atoms with Crippen molar-refractivity contribution in [1.29, 1.82) is 0 Å². The summed E-state index contributed by atoms with van der Waals surface area (Å²) in [5, 5.41) is 0. The molecule has 0 amide bonds. The lowest BCUT2D eigenvalue weighted by molar-refractivity contribution is 0.422. The maximum Gasteiger partial charge on any atom is 0.0228 e. The molecular formula is C17H22S. The molecule has 0 aromatic heterocycles. The van der Waals surface area contributed by atoms with Crippen molar-refractivity contribution in [3.8, 4) is 0 Å². The van der Waals surface area contributed by atoms with E-state index in [0.29, 0.717) is 0 Å². The Balaban J connectivity index is 1.65. The second-order valence-corrected chi connectivity index (χ2v) is 6.66. The summed E-state index contributed by atoms with van der Waals surface area (Å²) in [6.07, 6.45) is 11.1. The number of benzene rings is 1. The molecule has 1 saturated carbocycles. The highest BCUT2D eigenvalue weighted by Gasteiger charge is 2.31. The molecule has 0 heterocycles. The molecule has 1 aromatic rings. The van der Waals surface area contributed by atoms with Gasteiger partial charge in [-0.3, -0.25) is 0 Å². The Kier molecular flexibility index (Phi) is 4.09. The maximum atomic E-state index is 2.55. The summed E-state index contributed by atoms with van der Waals surface area (Å²) in [4.78, 5) is 1.71. The van der Waals surface area contributed by atoms with Crippen molar-refractivity contribution in [2.45, 2.75) is 44.3 Å². The van der Waals surface area contributed by atoms with Crippen LogP contribution in [-0.4, -0.2) is 0 Å². The Morgan fingerprint density at radius 2 is 1.83 bits per heavy atom. The van der Waals surface area contributed by atoms with Crippen molar-refractivity contribution in [2.75, 3.05) is 0 Å². The molecule has 3 rings (SSSR count). The van der Waals surface area contributed by atoms with E-state index >= 15 is 0 Å². The molecule has 0 spiro atoms. The van der Waals surface area contributed by atoms with Gasteiger partial charge in [-0.05, 0) is 54.4 Å². The standard InChI is InChI=1S/C17H22S/c1-2-7-14(8-3-1)13-18-17-12-5-4-9-15-10-6-11-16(15)17/h1-3,7-8,12,15-16H,4-6,9-11,13H2. The fourth-order valence-corrected chi connectivity index (χ4v) is 4.73. The molecule has 2 aliphatic rings. The number of thioether (sulfide) groups is 1. The minimum absolute atomic E-state index is 0.904. The molecule has 1 fully saturated rings.